The van der Waals surface area contributed by atoms with Gasteiger partial charge in [-0.2, -0.15) is 0 Å². The predicted octanol–water partition coefficient (Wildman–Crippen LogP) is 2.49. The molecule has 8 heteroatoms. The lowest BCUT2D eigenvalue weighted by Gasteiger charge is -2.17. The fourth-order valence-electron chi connectivity index (χ4n) is 2.40. The van der Waals surface area contributed by atoms with Crippen LogP contribution in [-0.4, -0.2) is 46.0 Å². The maximum Gasteiger partial charge on any atom is 0.261 e. The van der Waals surface area contributed by atoms with Gasteiger partial charge < -0.3 is 9.64 Å². The molecule has 1 aliphatic rings. The maximum atomic E-state index is 12.5. The fourth-order valence-corrected chi connectivity index (χ4v) is 3.85. The Bertz CT molecular complexity index is 650. The van der Waals surface area contributed by atoms with Gasteiger partial charge in [-0.25, -0.2) is 8.42 Å². The van der Waals surface area contributed by atoms with Gasteiger partial charge in [0.05, 0.1) is 11.5 Å². The number of hydrogen-bond donors (Lipinski definition) is 0. The lowest BCUT2D eigenvalue weighted by atomic mass is 10.1. The highest BCUT2D eigenvalue weighted by molar-refractivity contribution is 9.10. The van der Waals surface area contributed by atoms with E-state index in [0.29, 0.717) is 35.7 Å². The molecular formula is C13H15BrClNO4S. The van der Waals surface area contributed by atoms with E-state index < -0.39 is 9.05 Å². The molecule has 1 saturated heterocycles. The molecule has 0 aromatic heterocycles. The number of halogens is 2. The number of carbonyl (C=O) groups is 1. The molecule has 0 bridgehead atoms. The summed E-state index contributed by atoms with van der Waals surface area (Å²) in [5.74, 6) is 0.124. The van der Waals surface area contributed by atoms with Crippen LogP contribution in [0.1, 0.15) is 16.8 Å². The summed E-state index contributed by atoms with van der Waals surface area (Å²) in [5, 5.41) is 0. The molecule has 5 nitrogen and oxygen atoms in total. The minimum Gasteiger partial charge on any atom is -0.384 e. The van der Waals surface area contributed by atoms with Crippen LogP contribution in [0, 0.1) is 5.92 Å². The van der Waals surface area contributed by atoms with Gasteiger partial charge in [0.1, 0.15) is 0 Å². The monoisotopic (exact) mass is 395 g/mol. The van der Waals surface area contributed by atoms with Crippen molar-refractivity contribution < 1.29 is 17.9 Å². The number of amides is 1. The molecule has 1 atom stereocenters. The van der Waals surface area contributed by atoms with Crippen LogP contribution < -0.4 is 0 Å². The van der Waals surface area contributed by atoms with Crippen LogP contribution in [-0.2, 0) is 13.8 Å². The van der Waals surface area contributed by atoms with E-state index in [0.717, 1.165) is 6.42 Å². The fraction of sp³-hybridized carbons (Fsp3) is 0.462. The zero-order chi connectivity index (χ0) is 15.6. The van der Waals surface area contributed by atoms with Gasteiger partial charge in [0, 0.05) is 46.8 Å². The molecule has 0 spiro atoms. The van der Waals surface area contributed by atoms with Crippen molar-refractivity contribution in [2.75, 3.05) is 26.8 Å². The zero-order valence-electron chi connectivity index (χ0n) is 11.4. The van der Waals surface area contributed by atoms with Crippen LogP contribution in [0.5, 0.6) is 0 Å². The van der Waals surface area contributed by atoms with E-state index in [2.05, 4.69) is 15.9 Å². The summed E-state index contributed by atoms with van der Waals surface area (Å²) in [4.78, 5) is 14.1. The minimum atomic E-state index is -3.87. The van der Waals surface area contributed by atoms with Gasteiger partial charge in [-0.1, -0.05) is 15.9 Å². The molecule has 1 aromatic carbocycles. The van der Waals surface area contributed by atoms with Crippen LogP contribution in [0.25, 0.3) is 0 Å². The molecule has 0 aliphatic carbocycles. The number of likely N-dealkylation sites (tertiary alicyclic amines) is 1. The molecular weight excluding hydrogens is 382 g/mol. The highest BCUT2D eigenvalue weighted by atomic mass is 79.9. The highest BCUT2D eigenvalue weighted by Crippen LogP contribution is 2.25. The molecule has 1 aromatic rings. The van der Waals surface area contributed by atoms with Crippen molar-refractivity contribution in [2.45, 2.75) is 11.3 Å². The maximum absolute atomic E-state index is 12.5. The van der Waals surface area contributed by atoms with E-state index in [1.165, 1.54) is 12.1 Å². The Morgan fingerprint density at radius 2 is 2.19 bits per heavy atom. The highest BCUT2D eigenvalue weighted by Gasteiger charge is 2.27. The Labute approximate surface area is 136 Å². The van der Waals surface area contributed by atoms with E-state index in [4.69, 9.17) is 15.4 Å². The summed E-state index contributed by atoms with van der Waals surface area (Å²) in [6, 6.07) is 4.27. The van der Waals surface area contributed by atoms with Crippen LogP contribution in [0.15, 0.2) is 27.6 Å². The Kier molecular flexibility index (Phi) is 5.29. The number of nitrogens with zero attached hydrogens (tertiary/aromatic N) is 1. The first kappa shape index (κ1) is 16.7. The van der Waals surface area contributed by atoms with E-state index in [-0.39, 0.29) is 10.8 Å². The number of rotatable bonds is 4. The van der Waals surface area contributed by atoms with Gasteiger partial charge in [0.2, 0.25) is 0 Å². The van der Waals surface area contributed by atoms with Crippen LogP contribution >= 0.6 is 26.6 Å². The number of methoxy groups -OCH3 is 1. The van der Waals surface area contributed by atoms with E-state index in [1.54, 1.807) is 18.1 Å². The van der Waals surface area contributed by atoms with Crippen LogP contribution in [0.2, 0.25) is 0 Å². The van der Waals surface area contributed by atoms with Gasteiger partial charge in [-0.05, 0) is 24.6 Å². The largest absolute Gasteiger partial charge is 0.384 e. The first-order valence-corrected chi connectivity index (χ1v) is 9.45. The summed E-state index contributed by atoms with van der Waals surface area (Å²) in [6.07, 6.45) is 0.883. The quantitative estimate of drug-likeness (QED) is 0.734. The van der Waals surface area contributed by atoms with Crippen molar-refractivity contribution in [3.63, 3.8) is 0 Å². The van der Waals surface area contributed by atoms with Gasteiger partial charge >= 0.3 is 0 Å². The molecule has 1 heterocycles. The summed E-state index contributed by atoms with van der Waals surface area (Å²) >= 11 is 3.21. The van der Waals surface area contributed by atoms with Gasteiger partial charge in [-0.3, -0.25) is 4.79 Å². The summed E-state index contributed by atoms with van der Waals surface area (Å²) in [7, 11) is 3.10. The number of hydrogen-bond acceptors (Lipinski definition) is 4. The standard InChI is InChI=1S/C13H15BrClNO4S/c1-20-8-9-2-3-16(7-9)13(17)10-4-11(14)6-12(5-10)21(15,18)19/h4-6,9H,2-3,7-8H2,1H3. The smallest absolute Gasteiger partial charge is 0.261 e. The molecule has 21 heavy (non-hydrogen) atoms. The zero-order valence-corrected chi connectivity index (χ0v) is 14.5. The number of carbonyl (C=O) groups excluding carboxylic acids is 1. The van der Waals surface area contributed by atoms with Crippen molar-refractivity contribution >= 4 is 41.6 Å². The molecule has 0 N–H and O–H groups in total. The third kappa shape index (κ3) is 4.18. The second-order valence-corrected chi connectivity index (χ2v) is 8.46. The first-order valence-electron chi connectivity index (χ1n) is 6.34. The van der Waals surface area contributed by atoms with Crippen LogP contribution in [0.3, 0.4) is 0 Å². The van der Waals surface area contributed by atoms with Crippen molar-refractivity contribution in [1.29, 1.82) is 0 Å². The lowest BCUT2D eigenvalue weighted by molar-refractivity contribution is 0.0775. The third-order valence-corrected chi connectivity index (χ3v) is 5.17. The summed E-state index contributed by atoms with van der Waals surface area (Å²) < 4.78 is 28.4. The molecule has 0 radical (unpaired) electrons. The Balaban J connectivity index is 2.22. The second kappa shape index (κ2) is 6.64. The number of ether oxygens (including phenoxy) is 1. The average Bonchev–Trinajstić information content (AvgIpc) is 2.85. The predicted molar refractivity (Wildman–Crippen MR) is 83.1 cm³/mol. The van der Waals surface area contributed by atoms with Crippen molar-refractivity contribution in [2.24, 2.45) is 5.92 Å². The van der Waals surface area contributed by atoms with Crippen molar-refractivity contribution in [1.82, 2.24) is 4.90 Å². The van der Waals surface area contributed by atoms with Crippen LogP contribution in [0.4, 0.5) is 0 Å². The Morgan fingerprint density at radius 1 is 1.48 bits per heavy atom. The van der Waals surface area contributed by atoms with Crippen molar-refractivity contribution in [3.8, 4) is 0 Å². The normalized spacial score (nSPS) is 19.0. The molecule has 116 valence electrons. The first-order chi connectivity index (χ1) is 9.81. The van der Waals surface area contributed by atoms with E-state index in [9.17, 15) is 13.2 Å². The Hall–Kier alpha value is -0.630. The van der Waals surface area contributed by atoms with Crippen molar-refractivity contribution in [3.05, 3.63) is 28.2 Å². The molecule has 1 aliphatic heterocycles. The topological polar surface area (TPSA) is 63.7 Å². The molecule has 0 saturated carbocycles. The van der Waals surface area contributed by atoms with Gasteiger partial charge in [0.15, 0.2) is 0 Å². The van der Waals surface area contributed by atoms with Gasteiger partial charge in [0.25, 0.3) is 15.0 Å². The molecule has 1 amide bonds. The van der Waals surface area contributed by atoms with Gasteiger partial charge in [-0.15, -0.1) is 0 Å². The Morgan fingerprint density at radius 3 is 2.81 bits per heavy atom. The molecule has 1 unspecified atom stereocenters. The summed E-state index contributed by atoms with van der Waals surface area (Å²) in [5.41, 5.74) is 0.307. The minimum absolute atomic E-state index is 0.0884. The second-order valence-electron chi connectivity index (χ2n) is 4.97. The summed E-state index contributed by atoms with van der Waals surface area (Å²) in [6.45, 7) is 1.87. The SMILES string of the molecule is COCC1CCN(C(=O)c2cc(Br)cc(S(=O)(=O)Cl)c2)C1. The number of benzene rings is 1. The molecule has 2 rings (SSSR count). The average molecular weight is 397 g/mol. The third-order valence-electron chi connectivity index (χ3n) is 3.38. The van der Waals surface area contributed by atoms with E-state index >= 15 is 0 Å². The lowest BCUT2D eigenvalue weighted by Crippen LogP contribution is -2.29. The molecule has 1 fully saturated rings. The van der Waals surface area contributed by atoms with E-state index in [1.807, 2.05) is 0 Å².